The van der Waals surface area contributed by atoms with Gasteiger partial charge in [-0.05, 0) is 6.92 Å². The molecule has 2 N–H and O–H groups in total. The number of aryl methyl sites for hydroxylation is 1. The van der Waals surface area contributed by atoms with Crippen LogP contribution in [0.5, 0.6) is 0 Å². The van der Waals surface area contributed by atoms with Crippen LogP contribution in [-0.2, 0) is 7.05 Å². The summed E-state index contributed by atoms with van der Waals surface area (Å²) >= 11 is 0. The monoisotopic (exact) mass is 290 g/mol. The smallest absolute Gasteiger partial charge is 0.356 e. The molecule has 0 bridgehead atoms. The van der Waals surface area contributed by atoms with E-state index in [4.69, 9.17) is 0 Å². The van der Waals surface area contributed by atoms with Gasteiger partial charge in [0, 0.05) is 13.0 Å². The topological polar surface area (TPSA) is 106 Å². The van der Waals surface area contributed by atoms with Gasteiger partial charge in [0.2, 0.25) is 0 Å². The highest BCUT2D eigenvalue weighted by atomic mass is 16.4. The summed E-state index contributed by atoms with van der Waals surface area (Å²) in [5, 5.41) is 20.2. The van der Waals surface area contributed by atoms with Gasteiger partial charge in [-0.15, -0.1) is 10.2 Å². The number of rotatable bonds is 5. The Morgan fingerprint density at radius 2 is 2.10 bits per heavy atom. The maximum Gasteiger partial charge on any atom is 0.356 e. The van der Waals surface area contributed by atoms with Gasteiger partial charge in [-0.2, -0.15) is 0 Å². The van der Waals surface area contributed by atoms with Crippen LogP contribution in [0, 0.1) is 0 Å². The van der Waals surface area contributed by atoms with Crippen LogP contribution in [-0.4, -0.2) is 35.8 Å². The second-order valence-electron chi connectivity index (χ2n) is 5.12. The highest BCUT2D eigenvalue weighted by Crippen LogP contribution is 2.21. The lowest BCUT2D eigenvalue weighted by atomic mass is 10.2. The minimum Gasteiger partial charge on any atom is -0.476 e. The van der Waals surface area contributed by atoms with Gasteiger partial charge < -0.3 is 15.0 Å². The lowest BCUT2D eigenvalue weighted by Crippen LogP contribution is -2.16. The number of aromatic nitrogens is 5. The molecule has 0 aromatic carbocycles. The number of aromatic carboxylic acids is 1. The van der Waals surface area contributed by atoms with Crippen molar-refractivity contribution in [2.24, 2.45) is 7.05 Å². The lowest BCUT2D eigenvalue weighted by molar-refractivity contribution is 0.0691. The van der Waals surface area contributed by atoms with Crippen LogP contribution in [0.15, 0.2) is 12.5 Å². The maximum atomic E-state index is 11.4. The molecular formula is C13H18N6O2. The molecule has 2 heterocycles. The Labute approximate surface area is 122 Å². The summed E-state index contributed by atoms with van der Waals surface area (Å²) in [6.45, 7) is 5.69. The van der Waals surface area contributed by atoms with Crippen LogP contribution < -0.4 is 5.32 Å². The van der Waals surface area contributed by atoms with Crippen molar-refractivity contribution in [3.05, 3.63) is 29.9 Å². The number of nitrogens with zero attached hydrogens (tertiary/aromatic N) is 5. The van der Waals surface area contributed by atoms with E-state index in [1.807, 2.05) is 27.8 Å². The van der Waals surface area contributed by atoms with Crippen LogP contribution in [0.2, 0.25) is 0 Å². The van der Waals surface area contributed by atoms with E-state index in [2.05, 4.69) is 25.5 Å². The number of nitrogens with one attached hydrogen (secondary N) is 1. The third kappa shape index (κ3) is 3.15. The number of anilines is 1. The molecule has 0 saturated carbocycles. The highest BCUT2D eigenvalue weighted by Gasteiger charge is 2.19. The fraction of sp³-hybridized carbons (Fsp3) is 0.462. The summed E-state index contributed by atoms with van der Waals surface area (Å²) in [6, 6.07) is -0.218. The Kier molecular flexibility index (Phi) is 4.15. The van der Waals surface area contributed by atoms with Gasteiger partial charge in [0.05, 0.1) is 17.9 Å². The van der Waals surface area contributed by atoms with Gasteiger partial charge in [0.25, 0.3) is 0 Å². The molecule has 2 aromatic rings. The van der Waals surface area contributed by atoms with Crippen molar-refractivity contribution in [3.8, 4) is 0 Å². The zero-order valence-electron chi connectivity index (χ0n) is 12.4. The first-order chi connectivity index (χ1) is 9.90. The average molecular weight is 290 g/mol. The van der Waals surface area contributed by atoms with Crippen LogP contribution in [0.3, 0.4) is 0 Å². The van der Waals surface area contributed by atoms with Crippen LogP contribution in [0.1, 0.15) is 54.9 Å². The van der Waals surface area contributed by atoms with Crippen molar-refractivity contribution in [1.82, 2.24) is 24.7 Å². The summed E-state index contributed by atoms with van der Waals surface area (Å²) < 4.78 is 1.77. The van der Waals surface area contributed by atoms with E-state index in [9.17, 15) is 9.90 Å². The largest absolute Gasteiger partial charge is 0.476 e. The van der Waals surface area contributed by atoms with Gasteiger partial charge in [-0.1, -0.05) is 13.8 Å². The van der Waals surface area contributed by atoms with Crippen molar-refractivity contribution in [2.75, 3.05) is 5.32 Å². The molecule has 8 nitrogen and oxygen atoms in total. The number of hydrogen-bond acceptors (Lipinski definition) is 6. The van der Waals surface area contributed by atoms with Crippen molar-refractivity contribution in [2.45, 2.75) is 32.7 Å². The molecule has 0 amide bonds. The second-order valence-corrected chi connectivity index (χ2v) is 5.12. The molecule has 0 saturated heterocycles. The second kappa shape index (κ2) is 5.86. The Balaban J connectivity index is 2.31. The molecule has 0 aliphatic rings. The summed E-state index contributed by atoms with van der Waals surface area (Å²) in [7, 11) is 1.82. The van der Waals surface area contributed by atoms with Crippen molar-refractivity contribution < 1.29 is 9.90 Å². The predicted molar refractivity (Wildman–Crippen MR) is 76.1 cm³/mol. The Morgan fingerprint density at radius 3 is 2.62 bits per heavy atom. The summed E-state index contributed by atoms with van der Waals surface area (Å²) in [5.74, 6) is 0.170. The average Bonchev–Trinajstić information content (AvgIpc) is 2.85. The number of carboxylic acids is 1. The summed E-state index contributed by atoms with van der Waals surface area (Å²) in [4.78, 5) is 19.7. The standard InChI is InChI=1S/C13H18N6O2/c1-7(2)11-14-5-9(10(17-11)13(20)21)16-8(3)12-18-15-6-19(12)4/h5-8,16H,1-4H3,(H,20,21). The van der Waals surface area contributed by atoms with E-state index in [0.717, 1.165) is 0 Å². The number of carboxylic acid groups (broad SMARTS) is 1. The molecular weight excluding hydrogens is 272 g/mol. The van der Waals surface area contributed by atoms with Crippen LogP contribution in [0.4, 0.5) is 5.69 Å². The zero-order valence-corrected chi connectivity index (χ0v) is 12.4. The van der Waals surface area contributed by atoms with Crippen molar-refractivity contribution >= 4 is 11.7 Å². The van der Waals surface area contributed by atoms with Crippen molar-refractivity contribution in [3.63, 3.8) is 0 Å². The van der Waals surface area contributed by atoms with Gasteiger partial charge in [0.1, 0.15) is 12.2 Å². The first-order valence-corrected chi connectivity index (χ1v) is 6.60. The number of carbonyl (C=O) groups is 1. The van der Waals surface area contributed by atoms with Gasteiger partial charge in [0.15, 0.2) is 11.5 Å². The highest BCUT2D eigenvalue weighted by molar-refractivity contribution is 5.91. The number of hydrogen-bond donors (Lipinski definition) is 2. The SMILES string of the molecule is CC(C)c1ncc(NC(C)c2nncn2C)c(C(=O)O)n1. The van der Waals surface area contributed by atoms with Gasteiger partial charge in [-0.25, -0.2) is 14.8 Å². The van der Waals surface area contributed by atoms with Crippen LogP contribution in [0.25, 0.3) is 0 Å². The minimum absolute atomic E-state index is 0.0391. The predicted octanol–water partition coefficient (Wildman–Crippen LogP) is 1.60. The van der Waals surface area contributed by atoms with E-state index in [1.54, 1.807) is 10.9 Å². The third-order valence-corrected chi connectivity index (χ3v) is 3.03. The molecule has 0 fully saturated rings. The van der Waals surface area contributed by atoms with Crippen LogP contribution >= 0.6 is 0 Å². The fourth-order valence-corrected chi connectivity index (χ4v) is 1.92. The molecule has 2 aromatic heterocycles. The molecule has 1 unspecified atom stereocenters. The maximum absolute atomic E-state index is 11.4. The summed E-state index contributed by atoms with van der Waals surface area (Å²) in [5.41, 5.74) is 0.324. The molecule has 0 spiro atoms. The van der Waals surface area contributed by atoms with E-state index in [0.29, 0.717) is 17.3 Å². The first kappa shape index (κ1) is 14.9. The molecule has 0 aliphatic carbocycles. The third-order valence-electron chi connectivity index (χ3n) is 3.03. The molecule has 8 heteroatoms. The van der Waals surface area contributed by atoms with E-state index >= 15 is 0 Å². The van der Waals surface area contributed by atoms with Gasteiger partial charge >= 0.3 is 5.97 Å². The molecule has 2 rings (SSSR count). The Morgan fingerprint density at radius 1 is 1.38 bits per heavy atom. The molecule has 21 heavy (non-hydrogen) atoms. The van der Waals surface area contributed by atoms with E-state index in [-0.39, 0.29) is 17.7 Å². The normalized spacial score (nSPS) is 12.4. The van der Waals surface area contributed by atoms with Crippen molar-refractivity contribution in [1.29, 1.82) is 0 Å². The minimum atomic E-state index is -1.09. The molecule has 0 aliphatic heterocycles. The van der Waals surface area contributed by atoms with Gasteiger partial charge in [-0.3, -0.25) is 0 Å². The summed E-state index contributed by atoms with van der Waals surface area (Å²) in [6.07, 6.45) is 3.09. The zero-order chi connectivity index (χ0) is 15.6. The molecule has 112 valence electrons. The fourth-order valence-electron chi connectivity index (χ4n) is 1.92. The lowest BCUT2D eigenvalue weighted by Gasteiger charge is -2.16. The van der Waals surface area contributed by atoms with E-state index in [1.165, 1.54) is 6.20 Å². The Bertz CT molecular complexity index is 652. The molecule has 1 atom stereocenters. The quantitative estimate of drug-likeness (QED) is 0.861. The first-order valence-electron chi connectivity index (χ1n) is 6.60. The molecule has 0 radical (unpaired) electrons. The van der Waals surface area contributed by atoms with E-state index < -0.39 is 5.97 Å². The Hall–Kier alpha value is -2.51.